The minimum Gasteiger partial charge on any atom is -0.444 e. The summed E-state index contributed by atoms with van der Waals surface area (Å²) in [4.78, 5) is 31.1. The summed E-state index contributed by atoms with van der Waals surface area (Å²) in [5.41, 5.74) is 0.621. The van der Waals surface area contributed by atoms with Crippen LogP contribution in [0.1, 0.15) is 20.8 Å². The second-order valence-corrected chi connectivity index (χ2v) is 7.66. The molecule has 0 aliphatic heterocycles. The Morgan fingerprint density at radius 2 is 1.80 bits per heavy atom. The third-order valence-electron chi connectivity index (χ3n) is 4.20. The van der Waals surface area contributed by atoms with E-state index in [4.69, 9.17) is 4.74 Å². The number of aromatic nitrogens is 4. The van der Waals surface area contributed by atoms with Crippen molar-refractivity contribution >= 4 is 33.8 Å². The van der Waals surface area contributed by atoms with E-state index < -0.39 is 28.9 Å². The number of hydrogen-bond donors (Lipinski definition) is 3. The second-order valence-electron chi connectivity index (χ2n) is 7.66. The maximum absolute atomic E-state index is 13.8. The van der Waals surface area contributed by atoms with Gasteiger partial charge in [0.1, 0.15) is 5.60 Å². The van der Waals surface area contributed by atoms with Crippen LogP contribution in [0.4, 0.5) is 19.5 Å². The number of H-pyrrole nitrogens is 2. The summed E-state index contributed by atoms with van der Waals surface area (Å²) in [7, 11) is 0. The van der Waals surface area contributed by atoms with Crippen LogP contribution in [0.15, 0.2) is 35.1 Å². The standard InChI is InChI=1S/C20H17F2N5O3/c1-20(2,3)30-19(29)25-18-23-14-5-4-9(6-15(14)24-18)16-10-7-12(21)13(22)8-11(10)17(28)27-26-16/h4-8H,1-3H3,(H,27,28)(H2,23,24,25,29). The predicted molar refractivity (Wildman–Crippen MR) is 107 cm³/mol. The summed E-state index contributed by atoms with van der Waals surface area (Å²) in [6.07, 6.45) is -0.660. The number of nitrogens with zero attached hydrogens (tertiary/aromatic N) is 2. The van der Waals surface area contributed by atoms with E-state index in [1.165, 1.54) is 0 Å². The summed E-state index contributed by atoms with van der Waals surface area (Å²) in [6.45, 7) is 5.23. The fraction of sp³-hybridized carbons (Fsp3) is 0.200. The van der Waals surface area contributed by atoms with E-state index in [0.29, 0.717) is 16.6 Å². The van der Waals surface area contributed by atoms with Crippen LogP contribution in [0.5, 0.6) is 0 Å². The predicted octanol–water partition coefficient (Wildman–Crippen LogP) is 4.09. The number of nitrogens with one attached hydrogen (secondary N) is 3. The number of benzene rings is 2. The quantitative estimate of drug-likeness (QED) is 0.458. The van der Waals surface area contributed by atoms with Crippen LogP contribution in [-0.2, 0) is 4.74 Å². The van der Waals surface area contributed by atoms with E-state index in [0.717, 1.165) is 12.1 Å². The van der Waals surface area contributed by atoms with Gasteiger partial charge in [0.25, 0.3) is 5.56 Å². The van der Waals surface area contributed by atoms with Crippen molar-refractivity contribution in [2.24, 2.45) is 0 Å². The van der Waals surface area contributed by atoms with E-state index in [-0.39, 0.29) is 22.4 Å². The van der Waals surface area contributed by atoms with Gasteiger partial charge in [-0.15, -0.1) is 0 Å². The lowest BCUT2D eigenvalue weighted by molar-refractivity contribution is 0.0635. The molecule has 1 amide bonds. The van der Waals surface area contributed by atoms with E-state index in [9.17, 15) is 18.4 Å². The van der Waals surface area contributed by atoms with E-state index in [1.807, 2.05) is 0 Å². The van der Waals surface area contributed by atoms with E-state index in [2.05, 4.69) is 25.5 Å². The van der Waals surface area contributed by atoms with Crippen LogP contribution in [0.3, 0.4) is 0 Å². The summed E-state index contributed by atoms with van der Waals surface area (Å²) in [5, 5.41) is 8.96. The lowest BCUT2D eigenvalue weighted by atomic mass is 10.0. The van der Waals surface area contributed by atoms with Gasteiger partial charge in [0.2, 0.25) is 5.95 Å². The number of aromatic amines is 2. The normalized spacial score (nSPS) is 11.8. The Morgan fingerprint density at radius 1 is 1.10 bits per heavy atom. The largest absolute Gasteiger partial charge is 0.444 e. The first kappa shape index (κ1) is 19.5. The Kier molecular flexibility index (Phi) is 4.49. The van der Waals surface area contributed by atoms with Gasteiger partial charge in [-0.25, -0.2) is 23.7 Å². The van der Waals surface area contributed by atoms with Crippen molar-refractivity contribution in [2.45, 2.75) is 26.4 Å². The van der Waals surface area contributed by atoms with Gasteiger partial charge in [-0.05, 0) is 45.0 Å². The second kappa shape index (κ2) is 6.90. The Balaban J connectivity index is 1.74. The van der Waals surface area contributed by atoms with Gasteiger partial charge in [0.05, 0.1) is 22.1 Å². The average molecular weight is 413 g/mol. The molecule has 2 aromatic heterocycles. The van der Waals surface area contributed by atoms with Gasteiger partial charge in [0.15, 0.2) is 11.6 Å². The lowest BCUT2D eigenvalue weighted by Gasteiger charge is -2.18. The molecule has 0 saturated heterocycles. The zero-order valence-electron chi connectivity index (χ0n) is 16.3. The fourth-order valence-corrected chi connectivity index (χ4v) is 2.99. The molecule has 0 spiro atoms. The molecule has 8 nitrogen and oxygen atoms in total. The molecule has 30 heavy (non-hydrogen) atoms. The van der Waals surface area contributed by atoms with Crippen molar-refractivity contribution in [2.75, 3.05) is 5.32 Å². The number of hydrogen-bond acceptors (Lipinski definition) is 5. The van der Waals surface area contributed by atoms with Gasteiger partial charge in [0, 0.05) is 10.9 Å². The number of carbonyl (C=O) groups excluding carboxylic acids is 1. The van der Waals surface area contributed by atoms with Crippen molar-refractivity contribution in [1.29, 1.82) is 0 Å². The summed E-state index contributed by atoms with van der Waals surface area (Å²) < 4.78 is 32.6. The van der Waals surface area contributed by atoms with E-state index >= 15 is 0 Å². The first-order valence-corrected chi connectivity index (χ1v) is 8.98. The zero-order valence-corrected chi connectivity index (χ0v) is 16.3. The lowest BCUT2D eigenvalue weighted by Crippen LogP contribution is -2.27. The topological polar surface area (TPSA) is 113 Å². The monoisotopic (exact) mass is 413 g/mol. The molecule has 0 unspecified atom stereocenters. The summed E-state index contributed by atoms with van der Waals surface area (Å²) >= 11 is 0. The molecule has 0 saturated carbocycles. The van der Waals surface area contributed by atoms with Crippen LogP contribution < -0.4 is 10.9 Å². The highest BCUT2D eigenvalue weighted by atomic mass is 19.2. The number of anilines is 1. The van der Waals surface area contributed by atoms with Crippen LogP contribution in [-0.4, -0.2) is 31.9 Å². The molecule has 0 bridgehead atoms. The Morgan fingerprint density at radius 3 is 2.50 bits per heavy atom. The number of carbonyl (C=O) groups is 1. The molecule has 2 aromatic carbocycles. The minimum absolute atomic E-state index is 0.0177. The van der Waals surface area contributed by atoms with Gasteiger partial charge < -0.3 is 9.72 Å². The highest BCUT2D eigenvalue weighted by molar-refractivity contribution is 5.96. The molecule has 2 heterocycles. The minimum atomic E-state index is -1.12. The van der Waals surface area contributed by atoms with Crippen LogP contribution >= 0.6 is 0 Å². The molecule has 4 rings (SSSR count). The molecule has 0 fully saturated rings. The van der Waals surface area contributed by atoms with E-state index in [1.54, 1.807) is 39.0 Å². The van der Waals surface area contributed by atoms with Crippen molar-refractivity contribution < 1.29 is 18.3 Å². The number of fused-ring (bicyclic) bond motifs is 2. The molecular weight excluding hydrogens is 396 g/mol. The smallest absolute Gasteiger partial charge is 0.414 e. The SMILES string of the molecule is CC(C)(C)OC(=O)Nc1nc2ccc(-c3n[nH]c(=O)c4cc(F)c(F)cc34)cc2[nH]1. The number of imidazole rings is 1. The van der Waals surface area contributed by atoms with Crippen molar-refractivity contribution in [1.82, 2.24) is 20.2 Å². The van der Waals surface area contributed by atoms with Crippen molar-refractivity contribution in [3.05, 3.63) is 52.3 Å². The molecule has 0 radical (unpaired) electrons. The van der Waals surface area contributed by atoms with Gasteiger partial charge in [-0.1, -0.05) is 6.07 Å². The fourth-order valence-electron chi connectivity index (χ4n) is 2.99. The molecule has 0 atom stereocenters. The highest BCUT2D eigenvalue weighted by Crippen LogP contribution is 2.28. The third kappa shape index (κ3) is 3.71. The highest BCUT2D eigenvalue weighted by Gasteiger charge is 2.18. The number of ether oxygens (including phenoxy) is 1. The Bertz CT molecular complexity index is 1350. The van der Waals surface area contributed by atoms with Gasteiger partial charge in [-0.2, -0.15) is 5.10 Å². The third-order valence-corrected chi connectivity index (χ3v) is 4.20. The molecule has 0 aliphatic carbocycles. The van der Waals surface area contributed by atoms with Crippen LogP contribution in [0.2, 0.25) is 0 Å². The number of halogens is 2. The molecule has 3 N–H and O–H groups in total. The Hall–Kier alpha value is -3.82. The van der Waals surface area contributed by atoms with Gasteiger partial charge in [-0.3, -0.25) is 10.1 Å². The number of rotatable bonds is 2. The number of amides is 1. The maximum atomic E-state index is 13.8. The van der Waals surface area contributed by atoms with Gasteiger partial charge >= 0.3 is 6.09 Å². The zero-order chi connectivity index (χ0) is 21.6. The molecular formula is C20H17F2N5O3. The summed E-state index contributed by atoms with van der Waals surface area (Å²) in [5.74, 6) is -2.02. The van der Waals surface area contributed by atoms with Crippen LogP contribution in [0.25, 0.3) is 33.1 Å². The molecule has 10 heteroatoms. The molecule has 154 valence electrons. The summed E-state index contributed by atoms with van der Waals surface area (Å²) in [6, 6.07) is 6.78. The average Bonchev–Trinajstić information content (AvgIpc) is 3.03. The van der Waals surface area contributed by atoms with Crippen LogP contribution in [0, 0.1) is 11.6 Å². The Labute approximate surface area is 168 Å². The molecule has 0 aliphatic rings. The molecule has 4 aromatic rings. The maximum Gasteiger partial charge on any atom is 0.414 e. The first-order valence-electron chi connectivity index (χ1n) is 8.98. The van der Waals surface area contributed by atoms with Crippen molar-refractivity contribution in [3.63, 3.8) is 0 Å². The van der Waals surface area contributed by atoms with Crippen molar-refractivity contribution in [3.8, 4) is 11.3 Å². The first-order chi connectivity index (χ1) is 14.1.